The molecule has 100 valence electrons. The van der Waals surface area contributed by atoms with Crippen molar-refractivity contribution >= 4 is 44.0 Å². The SMILES string of the molecule is Clc1ccc(Br)c(NCc2cncc3ccccc23)c1. The van der Waals surface area contributed by atoms with E-state index in [-0.39, 0.29) is 0 Å². The van der Waals surface area contributed by atoms with E-state index in [2.05, 4.69) is 38.4 Å². The lowest BCUT2D eigenvalue weighted by molar-refractivity contribution is 1.13. The summed E-state index contributed by atoms with van der Waals surface area (Å²) in [6, 6.07) is 13.9. The van der Waals surface area contributed by atoms with E-state index in [9.17, 15) is 0 Å². The topological polar surface area (TPSA) is 24.9 Å². The number of hydrogen-bond donors (Lipinski definition) is 1. The molecule has 2 nitrogen and oxygen atoms in total. The maximum Gasteiger partial charge on any atom is 0.0502 e. The van der Waals surface area contributed by atoms with Crippen molar-refractivity contribution in [3.63, 3.8) is 0 Å². The fourth-order valence-electron chi connectivity index (χ4n) is 2.14. The Morgan fingerprint density at radius 3 is 2.85 bits per heavy atom. The van der Waals surface area contributed by atoms with Crippen LogP contribution in [0.2, 0.25) is 5.02 Å². The molecule has 3 rings (SSSR count). The molecule has 0 saturated heterocycles. The van der Waals surface area contributed by atoms with E-state index in [1.807, 2.05) is 42.7 Å². The molecular formula is C16H12BrClN2. The summed E-state index contributed by atoms with van der Waals surface area (Å²) in [6.45, 7) is 0.702. The minimum absolute atomic E-state index is 0.702. The zero-order chi connectivity index (χ0) is 13.9. The molecule has 0 unspecified atom stereocenters. The van der Waals surface area contributed by atoms with E-state index in [0.29, 0.717) is 11.6 Å². The molecule has 0 saturated carbocycles. The largest absolute Gasteiger partial charge is 0.380 e. The molecule has 0 aliphatic heterocycles. The van der Waals surface area contributed by atoms with Crippen LogP contribution in [0, 0.1) is 0 Å². The minimum Gasteiger partial charge on any atom is -0.380 e. The van der Waals surface area contributed by atoms with Gasteiger partial charge in [-0.1, -0.05) is 35.9 Å². The van der Waals surface area contributed by atoms with Crippen molar-refractivity contribution in [3.8, 4) is 0 Å². The maximum atomic E-state index is 6.02. The van der Waals surface area contributed by atoms with Crippen LogP contribution in [0.1, 0.15) is 5.56 Å². The zero-order valence-electron chi connectivity index (χ0n) is 10.6. The van der Waals surface area contributed by atoms with Gasteiger partial charge in [0.05, 0.1) is 5.69 Å². The highest BCUT2D eigenvalue weighted by Crippen LogP contribution is 2.27. The van der Waals surface area contributed by atoms with E-state index in [0.717, 1.165) is 21.1 Å². The number of nitrogens with one attached hydrogen (secondary N) is 1. The number of fused-ring (bicyclic) bond motifs is 1. The van der Waals surface area contributed by atoms with Crippen LogP contribution in [0.25, 0.3) is 10.8 Å². The van der Waals surface area contributed by atoms with Gasteiger partial charge in [0.2, 0.25) is 0 Å². The standard InChI is InChI=1S/C16H12BrClN2/c17-15-6-5-13(18)7-16(15)20-10-12-9-19-8-11-3-1-2-4-14(11)12/h1-9,20H,10H2. The molecule has 0 aliphatic rings. The number of pyridine rings is 1. The molecule has 20 heavy (non-hydrogen) atoms. The van der Waals surface area contributed by atoms with Gasteiger partial charge >= 0.3 is 0 Å². The van der Waals surface area contributed by atoms with Crippen LogP contribution in [-0.4, -0.2) is 4.98 Å². The summed E-state index contributed by atoms with van der Waals surface area (Å²) in [5.74, 6) is 0. The summed E-state index contributed by atoms with van der Waals surface area (Å²) >= 11 is 9.54. The van der Waals surface area contributed by atoms with E-state index < -0.39 is 0 Å². The van der Waals surface area contributed by atoms with Crippen molar-refractivity contribution in [2.45, 2.75) is 6.54 Å². The Bertz CT molecular complexity index is 753. The lowest BCUT2D eigenvalue weighted by Gasteiger charge is -2.10. The maximum absolute atomic E-state index is 6.02. The summed E-state index contributed by atoms with van der Waals surface area (Å²) in [6.07, 6.45) is 3.78. The van der Waals surface area contributed by atoms with E-state index in [1.54, 1.807) is 0 Å². The molecule has 0 amide bonds. The van der Waals surface area contributed by atoms with Crippen LogP contribution >= 0.6 is 27.5 Å². The van der Waals surface area contributed by atoms with Gasteiger partial charge in [0, 0.05) is 33.8 Å². The van der Waals surface area contributed by atoms with Gasteiger partial charge in [-0.25, -0.2) is 0 Å². The monoisotopic (exact) mass is 346 g/mol. The van der Waals surface area contributed by atoms with Crippen LogP contribution < -0.4 is 5.32 Å². The zero-order valence-corrected chi connectivity index (χ0v) is 12.9. The predicted molar refractivity (Wildman–Crippen MR) is 88.2 cm³/mol. The number of anilines is 1. The quantitative estimate of drug-likeness (QED) is 0.699. The van der Waals surface area contributed by atoms with Gasteiger partial charge in [-0.2, -0.15) is 0 Å². The minimum atomic E-state index is 0.702. The van der Waals surface area contributed by atoms with Crippen LogP contribution in [0.3, 0.4) is 0 Å². The molecule has 0 bridgehead atoms. The lowest BCUT2D eigenvalue weighted by Crippen LogP contribution is -2.01. The summed E-state index contributed by atoms with van der Waals surface area (Å²) in [5.41, 5.74) is 2.14. The molecular weight excluding hydrogens is 336 g/mol. The van der Waals surface area contributed by atoms with Crippen LogP contribution in [0.4, 0.5) is 5.69 Å². The number of halogens is 2. The van der Waals surface area contributed by atoms with Gasteiger partial charge in [0.1, 0.15) is 0 Å². The third-order valence-corrected chi connectivity index (χ3v) is 4.08. The summed E-state index contributed by atoms with van der Waals surface area (Å²) in [4.78, 5) is 4.29. The second-order valence-electron chi connectivity index (χ2n) is 4.50. The van der Waals surface area contributed by atoms with Gasteiger partial charge in [-0.05, 0) is 45.1 Å². The smallest absolute Gasteiger partial charge is 0.0502 e. The average Bonchev–Trinajstić information content (AvgIpc) is 2.48. The lowest BCUT2D eigenvalue weighted by atomic mass is 10.1. The first-order valence-corrected chi connectivity index (χ1v) is 7.42. The second-order valence-corrected chi connectivity index (χ2v) is 5.79. The van der Waals surface area contributed by atoms with Crippen molar-refractivity contribution in [1.29, 1.82) is 0 Å². The van der Waals surface area contributed by atoms with Gasteiger partial charge < -0.3 is 5.32 Å². The van der Waals surface area contributed by atoms with E-state index in [4.69, 9.17) is 11.6 Å². The number of rotatable bonds is 3. The van der Waals surface area contributed by atoms with Crippen molar-refractivity contribution in [1.82, 2.24) is 4.98 Å². The Morgan fingerprint density at radius 2 is 1.95 bits per heavy atom. The molecule has 0 atom stereocenters. The third-order valence-electron chi connectivity index (χ3n) is 3.15. The summed E-state index contributed by atoms with van der Waals surface area (Å²) < 4.78 is 0.995. The normalized spacial score (nSPS) is 10.7. The summed E-state index contributed by atoms with van der Waals surface area (Å²) in [7, 11) is 0. The highest BCUT2D eigenvalue weighted by atomic mass is 79.9. The highest BCUT2D eigenvalue weighted by Gasteiger charge is 2.04. The molecule has 3 aromatic rings. The number of nitrogens with zero attached hydrogens (tertiary/aromatic N) is 1. The Balaban J connectivity index is 1.89. The third kappa shape index (κ3) is 2.79. The van der Waals surface area contributed by atoms with Gasteiger partial charge in [0.15, 0.2) is 0 Å². The van der Waals surface area contributed by atoms with Gasteiger partial charge in [-0.3, -0.25) is 4.98 Å². The number of benzene rings is 2. The second kappa shape index (κ2) is 5.81. The van der Waals surface area contributed by atoms with Crippen molar-refractivity contribution in [2.75, 3.05) is 5.32 Å². The average molecular weight is 348 g/mol. The Labute approximate surface area is 130 Å². The molecule has 1 N–H and O–H groups in total. The molecule has 4 heteroatoms. The summed E-state index contributed by atoms with van der Waals surface area (Å²) in [5, 5.41) is 6.47. The number of aromatic nitrogens is 1. The molecule has 0 aliphatic carbocycles. The molecule has 0 spiro atoms. The number of hydrogen-bond acceptors (Lipinski definition) is 2. The van der Waals surface area contributed by atoms with E-state index in [1.165, 1.54) is 5.39 Å². The molecule has 0 fully saturated rings. The Kier molecular flexibility index (Phi) is 3.90. The first kappa shape index (κ1) is 13.4. The van der Waals surface area contributed by atoms with Gasteiger partial charge in [-0.15, -0.1) is 0 Å². The van der Waals surface area contributed by atoms with Crippen molar-refractivity contribution in [2.24, 2.45) is 0 Å². The van der Waals surface area contributed by atoms with Crippen molar-refractivity contribution in [3.05, 3.63) is 69.9 Å². The first-order valence-electron chi connectivity index (χ1n) is 6.24. The Morgan fingerprint density at radius 1 is 1.10 bits per heavy atom. The molecule has 1 heterocycles. The fraction of sp³-hybridized carbons (Fsp3) is 0.0625. The van der Waals surface area contributed by atoms with Gasteiger partial charge in [0.25, 0.3) is 0 Å². The highest BCUT2D eigenvalue weighted by molar-refractivity contribution is 9.10. The predicted octanol–water partition coefficient (Wildman–Crippen LogP) is 5.26. The Hall–Kier alpha value is -1.58. The van der Waals surface area contributed by atoms with E-state index >= 15 is 0 Å². The fourth-order valence-corrected chi connectivity index (χ4v) is 2.70. The molecule has 1 aromatic heterocycles. The van der Waals surface area contributed by atoms with Crippen LogP contribution in [-0.2, 0) is 6.54 Å². The molecule has 0 radical (unpaired) electrons. The first-order chi connectivity index (χ1) is 9.74. The van der Waals surface area contributed by atoms with Crippen molar-refractivity contribution < 1.29 is 0 Å². The molecule has 2 aromatic carbocycles. The van der Waals surface area contributed by atoms with Crippen LogP contribution in [0.5, 0.6) is 0 Å². The van der Waals surface area contributed by atoms with Crippen LogP contribution in [0.15, 0.2) is 59.3 Å².